The van der Waals surface area contributed by atoms with Crippen molar-refractivity contribution in [3.05, 3.63) is 15.6 Å². The summed E-state index contributed by atoms with van der Waals surface area (Å²) in [5.74, 6) is 0. The Hall–Kier alpha value is -0.410. The van der Waals surface area contributed by atoms with E-state index >= 15 is 0 Å². The van der Waals surface area contributed by atoms with Gasteiger partial charge in [-0.05, 0) is 33.1 Å². The van der Waals surface area contributed by atoms with Crippen molar-refractivity contribution in [3.8, 4) is 0 Å². The molecule has 1 aromatic rings. The summed E-state index contributed by atoms with van der Waals surface area (Å²) in [6.07, 6.45) is 8.16. The van der Waals surface area contributed by atoms with E-state index < -0.39 is 0 Å². The quantitative estimate of drug-likeness (QED) is 0.871. The standard InChI is InChI=1S/C13H22N2S/c1-10-13(16-11(2)15-10)8-9-14-12-6-4-3-5-7-12/h12,14H,3-9H2,1-2H3. The van der Waals surface area contributed by atoms with E-state index in [-0.39, 0.29) is 0 Å². The van der Waals surface area contributed by atoms with Gasteiger partial charge in [-0.15, -0.1) is 11.3 Å². The highest BCUT2D eigenvalue weighted by Gasteiger charge is 2.12. The molecule has 0 spiro atoms. The van der Waals surface area contributed by atoms with Gasteiger partial charge in [0.2, 0.25) is 0 Å². The Kier molecular flexibility index (Phi) is 4.36. The van der Waals surface area contributed by atoms with Crippen LogP contribution in [0.3, 0.4) is 0 Å². The molecule has 0 atom stereocenters. The summed E-state index contributed by atoms with van der Waals surface area (Å²) in [7, 11) is 0. The van der Waals surface area contributed by atoms with Crippen molar-refractivity contribution in [2.24, 2.45) is 0 Å². The molecule has 1 aliphatic carbocycles. The summed E-state index contributed by atoms with van der Waals surface area (Å²) in [5, 5.41) is 4.88. The summed E-state index contributed by atoms with van der Waals surface area (Å²) in [6, 6.07) is 0.781. The van der Waals surface area contributed by atoms with Crippen molar-refractivity contribution in [2.75, 3.05) is 6.54 Å². The van der Waals surface area contributed by atoms with Gasteiger partial charge in [-0.25, -0.2) is 4.98 Å². The van der Waals surface area contributed by atoms with Gasteiger partial charge in [0.05, 0.1) is 10.7 Å². The number of aromatic nitrogens is 1. The van der Waals surface area contributed by atoms with Crippen LogP contribution in [0.15, 0.2) is 0 Å². The zero-order chi connectivity index (χ0) is 11.4. The average molecular weight is 238 g/mol. The van der Waals surface area contributed by atoms with Gasteiger partial charge in [0, 0.05) is 17.5 Å². The monoisotopic (exact) mass is 238 g/mol. The lowest BCUT2D eigenvalue weighted by molar-refractivity contribution is 0.376. The molecular formula is C13H22N2S. The lowest BCUT2D eigenvalue weighted by atomic mass is 9.95. The molecule has 1 N–H and O–H groups in total. The van der Waals surface area contributed by atoms with Crippen molar-refractivity contribution < 1.29 is 0 Å². The van der Waals surface area contributed by atoms with Gasteiger partial charge >= 0.3 is 0 Å². The SMILES string of the molecule is Cc1nc(C)c(CCNC2CCCCC2)s1. The van der Waals surface area contributed by atoms with Gasteiger partial charge < -0.3 is 5.32 Å². The third-order valence-corrected chi connectivity index (χ3v) is 4.52. The molecule has 0 aromatic carbocycles. The molecule has 0 radical (unpaired) electrons. The van der Waals surface area contributed by atoms with Crippen LogP contribution in [-0.2, 0) is 6.42 Å². The fourth-order valence-corrected chi connectivity index (χ4v) is 3.44. The summed E-state index contributed by atoms with van der Waals surface area (Å²) < 4.78 is 0. The van der Waals surface area contributed by atoms with Gasteiger partial charge in [-0.2, -0.15) is 0 Å². The highest BCUT2D eigenvalue weighted by Crippen LogP contribution is 2.19. The molecule has 16 heavy (non-hydrogen) atoms. The Balaban J connectivity index is 1.73. The molecule has 2 nitrogen and oxygen atoms in total. The molecule has 0 saturated heterocycles. The zero-order valence-electron chi connectivity index (χ0n) is 10.4. The number of hydrogen-bond acceptors (Lipinski definition) is 3. The smallest absolute Gasteiger partial charge is 0.0900 e. The van der Waals surface area contributed by atoms with Crippen LogP contribution in [0.5, 0.6) is 0 Å². The minimum Gasteiger partial charge on any atom is -0.314 e. The second kappa shape index (κ2) is 5.78. The number of hydrogen-bond donors (Lipinski definition) is 1. The molecule has 2 rings (SSSR count). The van der Waals surface area contributed by atoms with E-state index in [2.05, 4.69) is 24.1 Å². The highest BCUT2D eigenvalue weighted by molar-refractivity contribution is 7.11. The maximum Gasteiger partial charge on any atom is 0.0900 e. The Morgan fingerprint density at radius 2 is 2.00 bits per heavy atom. The van der Waals surface area contributed by atoms with Crippen LogP contribution in [0.1, 0.15) is 47.7 Å². The van der Waals surface area contributed by atoms with Crippen molar-refractivity contribution in [3.63, 3.8) is 0 Å². The Bertz CT molecular complexity index is 327. The largest absolute Gasteiger partial charge is 0.314 e. The van der Waals surface area contributed by atoms with Crippen LogP contribution in [0.2, 0.25) is 0 Å². The number of nitrogens with one attached hydrogen (secondary N) is 1. The van der Waals surface area contributed by atoms with E-state index in [0.717, 1.165) is 19.0 Å². The average Bonchev–Trinajstić information content (AvgIpc) is 2.59. The number of rotatable bonds is 4. The first-order chi connectivity index (χ1) is 7.75. The van der Waals surface area contributed by atoms with Crippen LogP contribution >= 0.6 is 11.3 Å². The van der Waals surface area contributed by atoms with Crippen molar-refractivity contribution in [1.82, 2.24) is 10.3 Å². The fourth-order valence-electron chi connectivity index (χ4n) is 2.50. The van der Waals surface area contributed by atoms with Crippen LogP contribution in [0.4, 0.5) is 0 Å². The predicted molar refractivity (Wildman–Crippen MR) is 70.2 cm³/mol. The maximum atomic E-state index is 4.47. The molecule has 0 unspecified atom stereocenters. The minimum absolute atomic E-state index is 0.781. The number of aryl methyl sites for hydroxylation is 2. The van der Waals surface area contributed by atoms with Gasteiger partial charge in [-0.3, -0.25) is 0 Å². The van der Waals surface area contributed by atoms with E-state index in [1.165, 1.54) is 47.7 Å². The first-order valence-electron chi connectivity index (χ1n) is 6.42. The molecule has 1 aromatic heterocycles. The highest BCUT2D eigenvalue weighted by atomic mass is 32.1. The van der Waals surface area contributed by atoms with Crippen molar-refractivity contribution >= 4 is 11.3 Å². The van der Waals surface area contributed by atoms with E-state index in [4.69, 9.17) is 0 Å². The third-order valence-electron chi connectivity index (χ3n) is 3.39. The Morgan fingerprint density at radius 1 is 1.25 bits per heavy atom. The first-order valence-corrected chi connectivity index (χ1v) is 7.23. The maximum absolute atomic E-state index is 4.47. The van der Waals surface area contributed by atoms with Crippen molar-refractivity contribution in [1.29, 1.82) is 0 Å². The molecule has 1 heterocycles. The molecule has 0 aliphatic heterocycles. The molecule has 1 fully saturated rings. The second-order valence-electron chi connectivity index (χ2n) is 4.78. The predicted octanol–water partition coefficient (Wildman–Crippen LogP) is 3.22. The van der Waals surface area contributed by atoms with E-state index in [0.29, 0.717) is 0 Å². The van der Waals surface area contributed by atoms with Gasteiger partial charge in [0.25, 0.3) is 0 Å². The molecule has 0 bridgehead atoms. The zero-order valence-corrected chi connectivity index (χ0v) is 11.2. The van der Waals surface area contributed by atoms with Crippen LogP contribution in [0.25, 0.3) is 0 Å². The Labute approximate surface area is 102 Å². The summed E-state index contributed by atoms with van der Waals surface area (Å²) in [5.41, 5.74) is 1.23. The minimum atomic E-state index is 0.781. The van der Waals surface area contributed by atoms with Crippen LogP contribution in [-0.4, -0.2) is 17.6 Å². The van der Waals surface area contributed by atoms with E-state index in [1.54, 1.807) is 0 Å². The third kappa shape index (κ3) is 3.29. The lowest BCUT2D eigenvalue weighted by Crippen LogP contribution is -2.32. The van der Waals surface area contributed by atoms with Gasteiger partial charge in [0.15, 0.2) is 0 Å². The van der Waals surface area contributed by atoms with E-state index in [9.17, 15) is 0 Å². The molecule has 1 aliphatic rings. The molecular weight excluding hydrogens is 216 g/mol. The number of thiazole rings is 1. The van der Waals surface area contributed by atoms with Gasteiger partial charge in [-0.1, -0.05) is 19.3 Å². The normalized spacial score (nSPS) is 17.9. The molecule has 90 valence electrons. The first kappa shape index (κ1) is 12.1. The summed E-state index contributed by atoms with van der Waals surface area (Å²) >= 11 is 1.85. The van der Waals surface area contributed by atoms with Crippen LogP contribution in [0, 0.1) is 13.8 Å². The fraction of sp³-hybridized carbons (Fsp3) is 0.769. The second-order valence-corrected chi connectivity index (χ2v) is 6.07. The molecule has 0 amide bonds. The Morgan fingerprint density at radius 3 is 2.62 bits per heavy atom. The lowest BCUT2D eigenvalue weighted by Gasteiger charge is -2.22. The van der Waals surface area contributed by atoms with Gasteiger partial charge in [0.1, 0.15) is 0 Å². The van der Waals surface area contributed by atoms with Crippen LogP contribution < -0.4 is 5.32 Å². The van der Waals surface area contributed by atoms with Crippen molar-refractivity contribution in [2.45, 2.75) is 58.4 Å². The number of nitrogens with zero attached hydrogens (tertiary/aromatic N) is 1. The molecule has 1 saturated carbocycles. The summed E-state index contributed by atoms with van der Waals surface area (Å²) in [4.78, 5) is 5.93. The van der Waals surface area contributed by atoms with E-state index in [1.807, 2.05) is 11.3 Å². The topological polar surface area (TPSA) is 24.9 Å². The summed E-state index contributed by atoms with van der Waals surface area (Å²) in [6.45, 7) is 5.34. The molecule has 3 heteroatoms.